The number of alkyl halides is 3. The number of hydrogen-bond donors (Lipinski definition) is 3. The molecule has 16 heteroatoms. The first-order valence-corrected chi connectivity index (χ1v) is 16.2. The van der Waals surface area contributed by atoms with Crippen LogP contribution in [0.3, 0.4) is 0 Å². The van der Waals surface area contributed by atoms with Crippen molar-refractivity contribution in [3.8, 4) is 17.2 Å². The van der Waals surface area contributed by atoms with Gasteiger partial charge >= 0.3 is 11.5 Å². The summed E-state index contributed by atoms with van der Waals surface area (Å²) in [4.78, 5) is 37.2. The molecule has 0 aliphatic heterocycles. The number of ether oxygens (including phenoxy) is 3. The monoisotopic (exact) mass is 684 g/mol. The summed E-state index contributed by atoms with van der Waals surface area (Å²) in [5, 5.41) is 14.5. The molecule has 47 heavy (non-hydrogen) atoms. The largest absolute Gasteiger partial charge is 0.502 e. The lowest BCUT2D eigenvalue weighted by atomic mass is 9.87. The number of sulfone groups is 1. The lowest BCUT2D eigenvalue weighted by molar-refractivity contribution is -0.143. The highest BCUT2D eigenvalue weighted by Crippen LogP contribution is 2.45. The zero-order valence-electron chi connectivity index (χ0n) is 25.2. The quantitative estimate of drug-likeness (QED) is 0.238. The number of amides is 2. The lowest BCUT2D eigenvalue weighted by Crippen LogP contribution is -2.47. The molecule has 2 aromatic rings. The SMILES string of the molecule is COc1cc(F)c(O[C@H]2CC[C@@H](C(=O)O)CC2)cc1C(=O)N[C@H]1[C@@H](C(=O)Nc2ccc(OC)c(S(=O)(=O)C(F)(F)F)c2)[C@@H]2C=C[C@H]1C2. The Labute approximate surface area is 267 Å². The van der Waals surface area contributed by atoms with Gasteiger partial charge in [0.1, 0.15) is 16.4 Å². The molecule has 0 aromatic heterocycles. The number of benzene rings is 2. The molecule has 3 aliphatic carbocycles. The zero-order valence-corrected chi connectivity index (χ0v) is 26.0. The summed E-state index contributed by atoms with van der Waals surface area (Å²) >= 11 is 0. The molecule has 4 atom stereocenters. The zero-order chi connectivity index (χ0) is 34.3. The summed E-state index contributed by atoms with van der Waals surface area (Å²) in [6, 6.07) is 4.25. The van der Waals surface area contributed by atoms with Gasteiger partial charge in [-0.25, -0.2) is 12.8 Å². The summed E-state index contributed by atoms with van der Waals surface area (Å²) in [7, 11) is -3.55. The molecule has 0 heterocycles. The van der Waals surface area contributed by atoms with Crippen LogP contribution >= 0.6 is 0 Å². The average Bonchev–Trinajstić information content (AvgIpc) is 3.63. The fourth-order valence-electron chi connectivity index (χ4n) is 6.50. The van der Waals surface area contributed by atoms with Gasteiger partial charge in [-0.05, 0) is 68.2 Å². The molecule has 0 radical (unpaired) electrons. The maximum absolute atomic E-state index is 15.0. The molecule has 254 valence electrons. The summed E-state index contributed by atoms with van der Waals surface area (Å²) < 4.78 is 95.1. The minimum absolute atomic E-state index is 0.0776. The number of carbonyl (C=O) groups excluding carboxylic acids is 2. The van der Waals surface area contributed by atoms with Crippen molar-refractivity contribution in [2.75, 3.05) is 19.5 Å². The number of fused-ring (bicyclic) bond motifs is 2. The topological polar surface area (TPSA) is 157 Å². The van der Waals surface area contributed by atoms with Crippen molar-refractivity contribution in [3.05, 3.63) is 53.9 Å². The molecule has 3 aliphatic rings. The van der Waals surface area contributed by atoms with Gasteiger partial charge in [-0.3, -0.25) is 14.4 Å². The van der Waals surface area contributed by atoms with E-state index in [1.54, 1.807) is 6.08 Å². The molecule has 0 spiro atoms. The Morgan fingerprint density at radius 3 is 2.19 bits per heavy atom. The van der Waals surface area contributed by atoms with Gasteiger partial charge in [-0.15, -0.1) is 0 Å². The third-order valence-electron chi connectivity index (χ3n) is 8.90. The first-order chi connectivity index (χ1) is 22.1. The van der Waals surface area contributed by atoms with E-state index in [0.29, 0.717) is 38.2 Å². The van der Waals surface area contributed by atoms with Crippen molar-refractivity contribution in [1.29, 1.82) is 0 Å². The number of hydrogen-bond acceptors (Lipinski definition) is 8. The van der Waals surface area contributed by atoms with Crippen molar-refractivity contribution in [1.82, 2.24) is 5.32 Å². The Hall–Kier alpha value is -4.34. The molecular weight excluding hydrogens is 652 g/mol. The Morgan fingerprint density at radius 1 is 0.915 bits per heavy atom. The van der Waals surface area contributed by atoms with Crippen molar-refractivity contribution < 1.29 is 59.7 Å². The first kappa shape index (κ1) is 34.0. The van der Waals surface area contributed by atoms with Crippen LogP contribution in [-0.2, 0) is 19.4 Å². The van der Waals surface area contributed by atoms with Crippen LogP contribution in [0, 0.1) is 29.5 Å². The van der Waals surface area contributed by atoms with E-state index in [9.17, 15) is 45.5 Å². The predicted octanol–water partition coefficient (Wildman–Crippen LogP) is 4.72. The fourth-order valence-corrected chi connectivity index (χ4v) is 7.45. The highest BCUT2D eigenvalue weighted by Gasteiger charge is 2.50. The van der Waals surface area contributed by atoms with Crippen molar-refractivity contribution in [2.24, 2.45) is 23.7 Å². The number of allylic oxidation sites excluding steroid dienone is 1. The number of rotatable bonds is 10. The van der Waals surface area contributed by atoms with Crippen LogP contribution < -0.4 is 24.8 Å². The number of carbonyl (C=O) groups is 3. The molecule has 2 bridgehead atoms. The van der Waals surface area contributed by atoms with E-state index in [1.807, 2.05) is 6.08 Å². The maximum Gasteiger partial charge on any atom is 0.502 e. The van der Waals surface area contributed by atoms with E-state index < -0.39 is 73.6 Å². The number of methoxy groups -OCH3 is 2. The average molecular weight is 685 g/mol. The smallest absolute Gasteiger partial charge is 0.496 e. The Morgan fingerprint density at radius 2 is 1.57 bits per heavy atom. The maximum atomic E-state index is 15.0. The predicted molar refractivity (Wildman–Crippen MR) is 157 cm³/mol. The summed E-state index contributed by atoms with van der Waals surface area (Å²) in [6.07, 6.45) is 5.17. The molecule has 2 amide bonds. The number of carboxylic acid groups (broad SMARTS) is 1. The van der Waals surface area contributed by atoms with Crippen LogP contribution in [-0.4, -0.2) is 63.2 Å². The van der Waals surface area contributed by atoms with E-state index in [-0.39, 0.29) is 34.6 Å². The second-order valence-electron chi connectivity index (χ2n) is 11.7. The van der Waals surface area contributed by atoms with Crippen molar-refractivity contribution in [2.45, 2.75) is 54.7 Å². The van der Waals surface area contributed by atoms with Gasteiger partial charge in [0.2, 0.25) is 5.91 Å². The van der Waals surface area contributed by atoms with Crippen LogP contribution in [0.25, 0.3) is 0 Å². The molecule has 5 rings (SSSR count). The standard InChI is InChI=1S/C31H32F4N2O9S/c1-44-22-10-7-18(12-25(22)47(42,43)31(33,34)35)36-29(39)26-16-3-4-17(11-16)27(26)37-28(38)20-13-24(21(32)14-23(20)45-2)46-19-8-5-15(6-9-19)30(40)41/h3-4,7,10,12-17,19,26-27H,5-6,8-9,11H2,1-2H3,(H,36,39)(H,37,38)(H,40,41)/t15-,16-,17+,19+,26+,27-/m1/s1. The van der Waals surface area contributed by atoms with Gasteiger partial charge in [0.15, 0.2) is 11.6 Å². The Balaban J connectivity index is 1.35. The van der Waals surface area contributed by atoms with Crippen LogP contribution in [0.1, 0.15) is 42.5 Å². The van der Waals surface area contributed by atoms with Crippen LogP contribution in [0.5, 0.6) is 17.2 Å². The second kappa shape index (κ2) is 13.0. The van der Waals surface area contributed by atoms with Gasteiger partial charge in [-0.2, -0.15) is 13.2 Å². The van der Waals surface area contributed by atoms with E-state index in [1.165, 1.54) is 19.2 Å². The summed E-state index contributed by atoms with van der Waals surface area (Å²) in [5.74, 6) is -5.93. The normalized spacial score (nSPS) is 25.2. The number of aliphatic carboxylic acids is 1. The number of halogens is 4. The first-order valence-electron chi connectivity index (χ1n) is 14.7. The minimum atomic E-state index is -5.81. The summed E-state index contributed by atoms with van der Waals surface area (Å²) in [6.45, 7) is 0. The third kappa shape index (κ3) is 6.73. The Kier molecular flexibility index (Phi) is 9.44. The molecule has 2 fully saturated rings. The van der Waals surface area contributed by atoms with E-state index >= 15 is 0 Å². The highest BCUT2D eigenvalue weighted by atomic mass is 32.2. The molecular formula is C31H32F4N2O9S. The van der Waals surface area contributed by atoms with Crippen LogP contribution in [0.4, 0.5) is 23.2 Å². The van der Waals surface area contributed by atoms with E-state index in [4.69, 9.17) is 14.2 Å². The third-order valence-corrected chi connectivity index (χ3v) is 10.4. The van der Waals surface area contributed by atoms with Crippen molar-refractivity contribution >= 4 is 33.3 Å². The second-order valence-corrected chi connectivity index (χ2v) is 13.6. The van der Waals surface area contributed by atoms with Crippen molar-refractivity contribution in [3.63, 3.8) is 0 Å². The number of nitrogens with one attached hydrogen (secondary N) is 2. The molecule has 11 nitrogen and oxygen atoms in total. The van der Waals surface area contributed by atoms with Gasteiger partial charge in [0, 0.05) is 17.8 Å². The van der Waals surface area contributed by atoms with Gasteiger partial charge < -0.3 is 30.0 Å². The van der Waals surface area contributed by atoms with E-state index in [2.05, 4.69) is 10.6 Å². The molecule has 2 saturated carbocycles. The molecule has 0 unspecified atom stereocenters. The molecule has 2 aromatic carbocycles. The minimum Gasteiger partial charge on any atom is -0.496 e. The van der Waals surface area contributed by atoms with Gasteiger partial charge in [0.05, 0.1) is 37.7 Å². The fraction of sp³-hybridized carbons (Fsp3) is 0.452. The summed E-state index contributed by atoms with van der Waals surface area (Å²) in [5.41, 5.74) is -5.92. The van der Waals surface area contributed by atoms with Gasteiger partial charge in [-0.1, -0.05) is 12.2 Å². The Bertz CT molecular complexity index is 1700. The number of carboxylic acids is 1. The van der Waals surface area contributed by atoms with Crippen LogP contribution in [0.2, 0.25) is 0 Å². The van der Waals surface area contributed by atoms with Gasteiger partial charge in [0.25, 0.3) is 15.7 Å². The molecule has 3 N–H and O–H groups in total. The molecule has 0 saturated heterocycles. The van der Waals surface area contributed by atoms with Crippen LogP contribution in [0.15, 0.2) is 47.4 Å². The van der Waals surface area contributed by atoms with E-state index in [0.717, 1.165) is 19.2 Å². The lowest BCUT2D eigenvalue weighted by Gasteiger charge is -2.29. The number of anilines is 1. The highest BCUT2D eigenvalue weighted by molar-refractivity contribution is 7.92.